The summed E-state index contributed by atoms with van der Waals surface area (Å²) < 4.78 is 0. The zero-order valence-electron chi connectivity index (χ0n) is 9.32. The topological polar surface area (TPSA) is 33.2 Å². The second-order valence-corrected chi connectivity index (χ2v) is 4.63. The molecular weight excluding hydrogens is 224 g/mol. The molecule has 0 aliphatic carbocycles. The van der Waals surface area contributed by atoms with Gasteiger partial charge in [-0.25, -0.2) is 4.98 Å². The Balaban J connectivity index is 2.03. The number of amides is 1. The normalized spacial score (nSPS) is 20.5. The van der Waals surface area contributed by atoms with Gasteiger partial charge >= 0.3 is 0 Å². The molecular formula is C12H15ClN2O. The molecule has 1 fully saturated rings. The van der Waals surface area contributed by atoms with Crippen LogP contribution in [0.3, 0.4) is 0 Å². The van der Waals surface area contributed by atoms with Crippen LogP contribution in [0.25, 0.3) is 0 Å². The van der Waals surface area contributed by atoms with Gasteiger partial charge in [-0.15, -0.1) is 0 Å². The zero-order valence-corrected chi connectivity index (χ0v) is 10.1. The summed E-state index contributed by atoms with van der Waals surface area (Å²) in [6.07, 6.45) is 3.43. The molecule has 1 aromatic heterocycles. The van der Waals surface area contributed by atoms with E-state index in [0.29, 0.717) is 24.0 Å². The number of nitrogens with zero attached hydrogens (tertiary/aromatic N) is 2. The van der Waals surface area contributed by atoms with Crippen LogP contribution in [0, 0.1) is 5.92 Å². The molecule has 0 saturated carbocycles. The molecule has 0 aromatic carbocycles. The zero-order chi connectivity index (χ0) is 11.5. The summed E-state index contributed by atoms with van der Waals surface area (Å²) in [6.45, 7) is 3.65. The molecule has 1 saturated heterocycles. The standard InChI is InChI=1S/C12H15ClN2O/c1-2-9-6-12(16)15(7-9)8-10-3-4-14-11(13)5-10/h3-5,9H,2,6-8H2,1H3. The van der Waals surface area contributed by atoms with Gasteiger partial charge in [-0.3, -0.25) is 4.79 Å². The number of carbonyl (C=O) groups excluding carboxylic acids is 1. The molecule has 4 heteroatoms. The summed E-state index contributed by atoms with van der Waals surface area (Å²) in [6, 6.07) is 3.71. The highest BCUT2D eigenvalue weighted by Gasteiger charge is 2.27. The third kappa shape index (κ3) is 2.53. The summed E-state index contributed by atoms with van der Waals surface area (Å²) in [5.41, 5.74) is 1.05. The predicted octanol–water partition coefficient (Wildman–Crippen LogP) is 2.49. The van der Waals surface area contributed by atoms with Crippen molar-refractivity contribution in [2.75, 3.05) is 6.54 Å². The van der Waals surface area contributed by atoms with Crippen LogP contribution in [-0.2, 0) is 11.3 Å². The Morgan fingerprint density at radius 3 is 3.06 bits per heavy atom. The van der Waals surface area contributed by atoms with Crippen molar-refractivity contribution in [2.24, 2.45) is 5.92 Å². The first-order chi connectivity index (χ1) is 7.69. The number of hydrogen-bond donors (Lipinski definition) is 0. The van der Waals surface area contributed by atoms with Gasteiger partial charge in [0.1, 0.15) is 5.15 Å². The van der Waals surface area contributed by atoms with Crippen LogP contribution in [0.4, 0.5) is 0 Å². The Bertz CT molecular complexity index is 394. The Kier molecular flexibility index (Phi) is 3.44. The first kappa shape index (κ1) is 11.4. The average Bonchev–Trinajstić information content (AvgIpc) is 2.60. The Labute approximate surface area is 100 Å². The minimum atomic E-state index is 0.250. The number of pyridine rings is 1. The van der Waals surface area contributed by atoms with E-state index in [9.17, 15) is 4.79 Å². The van der Waals surface area contributed by atoms with Gasteiger partial charge in [0.2, 0.25) is 5.91 Å². The lowest BCUT2D eigenvalue weighted by Crippen LogP contribution is -2.24. The first-order valence-corrected chi connectivity index (χ1v) is 5.95. The molecule has 1 aromatic rings. The first-order valence-electron chi connectivity index (χ1n) is 5.57. The number of halogens is 1. The summed E-state index contributed by atoms with van der Waals surface area (Å²) >= 11 is 5.81. The minimum Gasteiger partial charge on any atom is -0.338 e. The molecule has 1 aliphatic rings. The molecule has 1 atom stereocenters. The summed E-state index contributed by atoms with van der Waals surface area (Å²) in [5.74, 6) is 0.768. The average molecular weight is 239 g/mol. The van der Waals surface area contributed by atoms with Crippen molar-refractivity contribution in [3.05, 3.63) is 29.0 Å². The smallest absolute Gasteiger partial charge is 0.223 e. The van der Waals surface area contributed by atoms with E-state index < -0.39 is 0 Å². The molecule has 1 aliphatic heterocycles. The second kappa shape index (κ2) is 4.83. The van der Waals surface area contributed by atoms with Crippen LogP contribution in [0.15, 0.2) is 18.3 Å². The third-order valence-corrected chi connectivity index (χ3v) is 3.24. The van der Waals surface area contributed by atoms with Crippen molar-refractivity contribution < 1.29 is 4.79 Å². The van der Waals surface area contributed by atoms with Gasteiger partial charge in [0.15, 0.2) is 0 Å². The fourth-order valence-electron chi connectivity index (χ4n) is 2.04. The summed E-state index contributed by atoms with van der Waals surface area (Å²) in [7, 11) is 0. The van der Waals surface area contributed by atoms with Crippen molar-refractivity contribution in [2.45, 2.75) is 26.3 Å². The maximum absolute atomic E-state index is 11.7. The van der Waals surface area contributed by atoms with Gasteiger partial charge in [-0.2, -0.15) is 0 Å². The van der Waals surface area contributed by atoms with Crippen molar-refractivity contribution >= 4 is 17.5 Å². The maximum Gasteiger partial charge on any atom is 0.223 e. The van der Waals surface area contributed by atoms with Crippen molar-refractivity contribution in [3.63, 3.8) is 0 Å². The number of aromatic nitrogens is 1. The lowest BCUT2D eigenvalue weighted by atomic mass is 10.1. The van der Waals surface area contributed by atoms with Gasteiger partial charge in [0.05, 0.1) is 0 Å². The molecule has 2 heterocycles. The van der Waals surface area contributed by atoms with Gasteiger partial charge in [-0.1, -0.05) is 24.9 Å². The highest BCUT2D eigenvalue weighted by atomic mass is 35.5. The van der Waals surface area contributed by atoms with Gasteiger partial charge in [0, 0.05) is 25.7 Å². The van der Waals surface area contributed by atoms with Crippen molar-refractivity contribution in [3.8, 4) is 0 Å². The molecule has 0 spiro atoms. The molecule has 1 unspecified atom stereocenters. The van der Waals surface area contributed by atoms with Gasteiger partial charge in [-0.05, 0) is 23.6 Å². The number of likely N-dealkylation sites (tertiary alicyclic amines) is 1. The molecule has 0 N–H and O–H groups in total. The predicted molar refractivity (Wildman–Crippen MR) is 63.1 cm³/mol. The van der Waals surface area contributed by atoms with E-state index in [1.165, 1.54) is 0 Å². The molecule has 1 amide bonds. The van der Waals surface area contributed by atoms with Crippen LogP contribution in [-0.4, -0.2) is 22.3 Å². The van der Waals surface area contributed by atoms with Gasteiger partial charge in [0.25, 0.3) is 0 Å². The number of rotatable bonds is 3. The van der Waals surface area contributed by atoms with Crippen LogP contribution in [0.5, 0.6) is 0 Å². The molecule has 3 nitrogen and oxygen atoms in total. The van der Waals surface area contributed by atoms with Crippen molar-refractivity contribution in [1.82, 2.24) is 9.88 Å². The number of hydrogen-bond acceptors (Lipinski definition) is 2. The van der Waals surface area contributed by atoms with Crippen LogP contribution in [0.2, 0.25) is 5.15 Å². The van der Waals surface area contributed by atoms with E-state index in [0.717, 1.165) is 18.5 Å². The largest absolute Gasteiger partial charge is 0.338 e. The summed E-state index contributed by atoms with van der Waals surface area (Å²) in [5, 5.41) is 0.483. The Morgan fingerprint density at radius 2 is 2.44 bits per heavy atom. The Hall–Kier alpha value is -1.09. The van der Waals surface area contributed by atoms with Crippen molar-refractivity contribution in [1.29, 1.82) is 0 Å². The van der Waals surface area contributed by atoms with E-state index in [4.69, 9.17) is 11.6 Å². The molecule has 0 radical (unpaired) electrons. The molecule has 86 valence electrons. The fourth-order valence-corrected chi connectivity index (χ4v) is 2.24. The van der Waals surface area contributed by atoms with E-state index in [2.05, 4.69) is 11.9 Å². The molecule has 2 rings (SSSR count). The lowest BCUT2D eigenvalue weighted by molar-refractivity contribution is -0.128. The third-order valence-electron chi connectivity index (χ3n) is 3.04. The van der Waals surface area contributed by atoms with E-state index >= 15 is 0 Å². The summed E-state index contributed by atoms with van der Waals surface area (Å²) in [4.78, 5) is 17.5. The quantitative estimate of drug-likeness (QED) is 0.758. The molecule has 0 bridgehead atoms. The second-order valence-electron chi connectivity index (χ2n) is 4.24. The number of carbonyl (C=O) groups is 1. The van der Waals surface area contributed by atoms with Crippen LogP contribution < -0.4 is 0 Å². The maximum atomic E-state index is 11.7. The van der Waals surface area contributed by atoms with E-state index in [-0.39, 0.29) is 5.91 Å². The fraction of sp³-hybridized carbons (Fsp3) is 0.500. The molecule has 16 heavy (non-hydrogen) atoms. The lowest BCUT2D eigenvalue weighted by Gasteiger charge is -2.16. The van der Waals surface area contributed by atoms with E-state index in [1.54, 1.807) is 6.20 Å². The minimum absolute atomic E-state index is 0.250. The highest BCUT2D eigenvalue weighted by Crippen LogP contribution is 2.22. The highest BCUT2D eigenvalue weighted by molar-refractivity contribution is 6.29. The monoisotopic (exact) mass is 238 g/mol. The Morgan fingerprint density at radius 1 is 1.62 bits per heavy atom. The SMILES string of the molecule is CCC1CC(=O)N(Cc2ccnc(Cl)c2)C1. The van der Waals surface area contributed by atoms with Crippen LogP contribution in [0.1, 0.15) is 25.3 Å². The van der Waals surface area contributed by atoms with Crippen LogP contribution >= 0.6 is 11.6 Å². The van der Waals surface area contributed by atoms with E-state index in [1.807, 2.05) is 17.0 Å². The van der Waals surface area contributed by atoms with Gasteiger partial charge < -0.3 is 4.90 Å².